The molecule has 1 unspecified atom stereocenters. The average molecular weight is 390 g/mol. The molecule has 5 nitrogen and oxygen atoms in total. The fraction of sp³-hybridized carbons (Fsp3) is 0.136. The highest BCUT2D eigenvalue weighted by Crippen LogP contribution is 2.31. The molecule has 28 heavy (non-hydrogen) atoms. The van der Waals surface area contributed by atoms with E-state index in [0.717, 1.165) is 21.6 Å². The van der Waals surface area contributed by atoms with Crippen molar-refractivity contribution in [3.63, 3.8) is 0 Å². The number of hydrogen-bond donors (Lipinski definition) is 0. The molecule has 0 N–H and O–H groups in total. The number of carbonyl (C=O) groups is 2. The molecular weight excluding hydrogens is 372 g/mol. The van der Waals surface area contributed by atoms with Crippen LogP contribution in [0.15, 0.2) is 66.7 Å². The number of rotatable bonds is 5. The summed E-state index contributed by atoms with van der Waals surface area (Å²) in [5.41, 5.74) is 2.28. The van der Waals surface area contributed by atoms with Crippen molar-refractivity contribution in [2.45, 2.75) is 20.0 Å². The van der Waals surface area contributed by atoms with E-state index in [9.17, 15) is 9.59 Å². The van der Waals surface area contributed by atoms with Gasteiger partial charge in [-0.3, -0.25) is 4.79 Å². The summed E-state index contributed by atoms with van der Waals surface area (Å²) in [6.07, 6.45) is -0.855. The standard InChI is InChI=1S/C22H18N2O3S/c1-14-18-13-19(28-21(18)24(23-14)17-11-7-4-8-12-17)22(26)27-15(2)20(25)16-9-5-3-6-10-16/h3-13,15H,1-2H3. The number of carbonyl (C=O) groups excluding carboxylic acids is 2. The van der Waals surface area contributed by atoms with Crippen molar-refractivity contribution in [3.05, 3.63) is 82.9 Å². The van der Waals surface area contributed by atoms with Crippen LogP contribution in [0.5, 0.6) is 0 Å². The molecule has 0 aliphatic heterocycles. The molecule has 6 heteroatoms. The lowest BCUT2D eigenvalue weighted by molar-refractivity contribution is 0.0323. The Hall–Kier alpha value is -3.25. The Labute approximate surface area is 166 Å². The molecule has 0 saturated carbocycles. The number of nitrogens with zero attached hydrogens (tertiary/aromatic N) is 2. The molecule has 140 valence electrons. The molecule has 2 aromatic heterocycles. The Morgan fingerprint density at radius 3 is 2.36 bits per heavy atom. The normalized spacial score (nSPS) is 12.1. The number of benzene rings is 2. The summed E-state index contributed by atoms with van der Waals surface area (Å²) in [6.45, 7) is 3.50. The average Bonchev–Trinajstić information content (AvgIpc) is 3.29. The summed E-state index contributed by atoms with van der Waals surface area (Å²) in [7, 11) is 0. The topological polar surface area (TPSA) is 61.2 Å². The van der Waals surface area contributed by atoms with Crippen LogP contribution in [0.1, 0.15) is 32.6 Å². The molecule has 1 atom stereocenters. The van der Waals surface area contributed by atoms with E-state index in [1.165, 1.54) is 11.3 Å². The first-order valence-electron chi connectivity index (χ1n) is 8.89. The van der Waals surface area contributed by atoms with Gasteiger partial charge < -0.3 is 4.74 Å². The van der Waals surface area contributed by atoms with Gasteiger partial charge in [0.2, 0.25) is 5.78 Å². The third-order valence-corrected chi connectivity index (χ3v) is 5.55. The van der Waals surface area contributed by atoms with Crippen LogP contribution >= 0.6 is 11.3 Å². The highest BCUT2D eigenvalue weighted by atomic mass is 32.1. The minimum Gasteiger partial charge on any atom is -0.450 e. The van der Waals surface area contributed by atoms with Crippen molar-refractivity contribution < 1.29 is 14.3 Å². The molecule has 0 radical (unpaired) electrons. The molecule has 4 rings (SSSR count). The lowest BCUT2D eigenvalue weighted by Gasteiger charge is -2.11. The number of ketones is 1. The van der Waals surface area contributed by atoms with Gasteiger partial charge in [0.1, 0.15) is 9.71 Å². The maximum atomic E-state index is 12.6. The van der Waals surface area contributed by atoms with Gasteiger partial charge in [-0.25, -0.2) is 9.48 Å². The third kappa shape index (κ3) is 3.34. The second-order valence-electron chi connectivity index (χ2n) is 6.44. The number of para-hydroxylation sites is 1. The predicted molar refractivity (Wildman–Crippen MR) is 109 cm³/mol. The maximum Gasteiger partial charge on any atom is 0.349 e. The smallest absolute Gasteiger partial charge is 0.349 e. The monoisotopic (exact) mass is 390 g/mol. The summed E-state index contributed by atoms with van der Waals surface area (Å²) >= 11 is 1.31. The first-order valence-corrected chi connectivity index (χ1v) is 9.71. The number of aromatic nitrogens is 2. The Morgan fingerprint density at radius 1 is 1.04 bits per heavy atom. The zero-order valence-electron chi connectivity index (χ0n) is 15.5. The largest absolute Gasteiger partial charge is 0.450 e. The Morgan fingerprint density at radius 2 is 1.68 bits per heavy atom. The molecule has 0 spiro atoms. The molecule has 0 saturated heterocycles. The van der Waals surface area contributed by atoms with Gasteiger partial charge in [-0.1, -0.05) is 48.5 Å². The quantitative estimate of drug-likeness (QED) is 0.362. The molecule has 4 aromatic rings. The van der Waals surface area contributed by atoms with Crippen molar-refractivity contribution in [2.75, 3.05) is 0 Å². The lowest BCUT2D eigenvalue weighted by Crippen LogP contribution is -2.24. The molecule has 0 bridgehead atoms. The number of fused-ring (bicyclic) bond motifs is 1. The maximum absolute atomic E-state index is 12.6. The summed E-state index contributed by atoms with van der Waals surface area (Å²) in [4.78, 5) is 26.4. The van der Waals surface area contributed by atoms with Gasteiger partial charge in [0, 0.05) is 10.9 Å². The summed E-state index contributed by atoms with van der Waals surface area (Å²) in [5, 5.41) is 5.48. The Bertz CT molecular complexity index is 1150. The number of hydrogen-bond acceptors (Lipinski definition) is 5. The predicted octanol–water partition coefficient (Wildman–Crippen LogP) is 4.82. The van der Waals surface area contributed by atoms with E-state index in [-0.39, 0.29) is 5.78 Å². The zero-order chi connectivity index (χ0) is 19.7. The van der Waals surface area contributed by atoms with Crippen LogP contribution in [0, 0.1) is 6.92 Å². The van der Waals surface area contributed by atoms with Crippen LogP contribution in [0.4, 0.5) is 0 Å². The molecule has 0 aliphatic rings. The second-order valence-corrected chi connectivity index (χ2v) is 7.47. The number of thiophene rings is 1. The number of ether oxygens (including phenoxy) is 1. The molecule has 2 heterocycles. The van der Waals surface area contributed by atoms with Crippen LogP contribution in [-0.2, 0) is 4.74 Å². The van der Waals surface area contributed by atoms with E-state index >= 15 is 0 Å². The number of esters is 1. The molecule has 0 fully saturated rings. The van der Waals surface area contributed by atoms with Crippen molar-refractivity contribution in [3.8, 4) is 5.69 Å². The van der Waals surface area contributed by atoms with Crippen molar-refractivity contribution in [1.29, 1.82) is 0 Å². The Balaban J connectivity index is 1.59. The van der Waals surface area contributed by atoms with Crippen molar-refractivity contribution in [2.24, 2.45) is 0 Å². The number of Topliss-reactive ketones (excluding diaryl/α,β-unsaturated/α-hetero) is 1. The van der Waals surface area contributed by atoms with Crippen molar-refractivity contribution >= 4 is 33.3 Å². The van der Waals surface area contributed by atoms with E-state index in [0.29, 0.717) is 10.4 Å². The minimum absolute atomic E-state index is 0.221. The third-order valence-electron chi connectivity index (χ3n) is 4.46. The van der Waals surface area contributed by atoms with Gasteiger partial charge in [-0.15, -0.1) is 11.3 Å². The molecular formula is C22H18N2O3S. The summed E-state index contributed by atoms with van der Waals surface area (Å²) < 4.78 is 7.25. The van der Waals surface area contributed by atoms with Crippen molar-refractivity contribution in [1.82, 2.24) is 9.78 Å². The zero-order valence-corrected chi connectivity index (χ0v) is 16.3. The van der Waals surface area contributed by atoms with Crippen LogP contribution < -0.4 is 0 Å². The molecule has 0 aliphatic carbocycles. The summed E-state index contributed by atoms with van der Waals surface area (Å²) in [5.74, 6) is -0.723. The first-order chi connectivity index (χ1) is 13.5. The van der Waals surface area contributed by atoms with E-state index in [2.05, 4.69) is 5.10 Å². The minimum atomic E-state index is -0.855. The molecule has 0 amide bonds. The van der Waals surface area contributed by atoms with E-state index in [4.69, 9.17) is 4.74 Å². The van der Waals surface area contributed by atoms with Gasteiger partial charge in [0.05, 0.1) is 11.4 Å². The van der Waals surface area contributed by atoms with Gasteiger partial charge in [-0.05, 0) is 32.0 Å². The lowest BCUT2D eigenvalue weighted by atomic mass is 10.1. The second kappa shape index (κ2) is 7.40. The van der Waals surface area contributed by atoms with Crippen LogP contribution in [0.3, 0.4) is 0 Å². The van der Waals surface area contributed by atoms with Gasteiger partial charge in [-0.2, -0.15) is 5.10 Å². The van der Waals surface area contributed by atoms with E-state index < -0.39 is 12.1 Å². The first kappa shape index (κ1) is 18.1. The highest BCUT2D eigenvalue weighted by Gasteiger charge is 2.23. The SMILES string of the molecule is Cc1nn(-c2ccccc2)c2sc(C(=O)OC(C)C(=O)c3ccccc3)cc12. The fourth-order valence-electron chi connectivity index (χ4n) is 3.00. The van der Waals surface area contributed by atoms with E-state index in [1.807, 2.05) is 48.0 Å². The summed E-state index contributed by atoms with van der Waals surface area (Å²) in [6, 6.07) is 20.4. The van der Waals surface area contributed by atoms with Gasteiger partial charge in [0.15, 0.2) is 6.10 Å². The van der Waals surface area contributed by atoms with Crippen LogP contribution in [0.2, 0.25) is 0 Å². The highest BCUT2D eigenvalue weighted by molar-refractivity contribution is 7.20. The molecule has 2 aromatic carbocycles. The number of aryl methyl sites for hydroxylation is 1. The van der Waals surface area contributed by atoms with Gasteiger partial charge in [0.25, 0.3) is 0 Å². The van der Waals surface area contributed by atoms with Gasteiger partial charge >= 0.3 is 5.97 Å². The fourth-order valence-corrected chi connectivity index (χ4v) is 4.07. The van der Waals surface area contributed by atoms with Crippen LogP contribution in [0.25, 0.3) is 15.9 Å². The van der Waals surface area contributed by atoms with E-state index in [1.54, 1.807) is 37.3 Å². The Kier molecular flexibility index (Phi) is 4.79. The van der Waals surface area contributed by atoms with Crippen LogP contribution in [-0.4, -0.2) is 27.6 Å².